The molecular formula is C34H36N4O6. The Balaban J connectivity index is 1.30. The fourth-order valence-corrected chi connectivity index (χ4v) is 6.39. The van der Waals surface area contributed by atoms with Crippen molar-refractivity contribution in [1.82, 2.24) is 14.8 Å². The molecule has 10 heteroatoms. The van der Waals surface area contributed by atoms with Crippen LogP contribution in [0.1, 0.15) is 33.5 Å². The van der Waals surface area contributed by atoms with E-state index in [0.717, 1.165) is 27.6 Å². The highest BCUT2D eigenvalue weighted by molar-refractivity contribution is 6.09. The van der Waals surface area contributed by atoms with Gasteiger partial charge in [0.2, 0.25) is 11.8 Å². The zero-order valence-corrected chi connectivity index (χ0v) is 25.2. The van der Waals surface area contributed by atoms with Crippen LogP contribution in [0.5, 0.6) is 11.5 Å². The lowest BCUT2D eigenvalue weighted by atomic mass is 9.95. The summed E-state index contributed by atoms with van der Waals surface area (Å²) in [6.45, 7) is 2.32. The Labute approximate surface area is 255 Å². The summed E-state index contributed by atoms with van der Waals surface area (Å²) >= 11 is 0. The average molecular weight is 597 g/mol. The predicted octanol–water partition coefficient (Wildman–Crippen LogP) is 3.35. The highest BCUT2D eigenvalue weighted by atomic mass is 16.5. The Kier molecular flexibility index (Phi) is 7.77. The number of likely N-dealkylation sites (tertiary alicyclic amines) is 1. The van der Waals surface area contributed by atoms with E-state index in [1.54, 1.807) is 31.4 Å². The molecule has 0 saturated carbocycles. The Morgan fingerprint density at radius 1 is 1.02 bits per heavy atom. The molecule has 3 aromatic carbocycles. The first-order valence-electron chi connectivity index (χ1n) is 14.6. The van der Waals surface area contributed by atoms with Crippen LogP contribution in [0.2, 0.25) is 0 Å². The summed E-state index contributed by atoms with van der Waals surface area (Å²) in [5.41, 5.74) is 4.86. The second-order valence-electron chi connectivity index (χ2n) is 11.5. The lowest BCUT2D eigenvalue weighted by Gasteiger charge is -2.36. The Morgan fingerprint density at radius 3 is 2.48 bits per heavy atom. The number of anilines is 1. The predicted molar refractivity (Wildman–Crippen MR) is 166 cm³/mol. The van der Waals surface area contributed by atoms with E-state index in [1.165, 1.54) is 4.90 Å². The smallest absolute Gasteiger partial charge is 0.256 e. The number of aliphatic hydroxyl groups excluding tert-OH is 1. The molecule has 0 aliphatic carbocycles. The molecule has 4 aromatic rings. The minimum Gasteiger partial charge on any atom is -0.493 e. The summed E-state index contributed by atoms with van der Waals surface area (Å²) in [4.78, 5) is 44.8. The number of aromatic nitrogens is 1. The third-order valence-electron chi connectivity index (χ3n) is 8.74. The van der Waals surface area contributed by atoms with Crippen LogP contribution in [-0.4, -0.2) is 71.2 Å². The molecule has 3 unspecified atom stereocenters. The van der Waals surface area contributed by atoms with Crippen LogP contribution >= 0.6 is 0 Å². The van der Waals surface area contributed by atoms with E-state index >= 15 is 0 Å². The van der Waals surface area contributed by atoms with Gasteiger partial charge in [-0.2, -0.15) is 0 Å². The van der Waals surface area contributed by atoms with Crippen LogP contribution in [0.15, 0.2) is 66.9 Å². The van der Waals surface area contributed by atoms with Gasteiger partial charge in [0.1, 0.15) is 12.1 Å². The molecular weight excluding hydrogens is 560 g/mol. The van der Waals surface area contributed by atoms with Gasteiger partial charge >= 0.3 is 0 Å². The van der Waals surface area contributed by atoms with Crippen molar-refractivity contribution < 1.29 is 29.0 Å². The molecule has 1 saturated heterocycles. The molecule has 0 bridgehead atoms. The number of para-hydroxylation sites is 1. The summed E-state index contributed by atoms with van der Waals surface area (Å²) in [7, 11) is 4.96. The van der Waals surface area contributed by atoms with Crippen LogP contribution in [-0.2, 0) is 29.6 Å². The normalized spacial score (nSPS) is 19.7. The number of nitrogens with one attached hydrogen (secondary N) is 1. The first kappa shape index (κ1) is 29.3. The maximum Gasteiger partial charge on any atom is 0.256 e. The van der Waals surface area contributed by atoms with Crippen molar-refractivity contribution in [2.75, 3.05) is 25.7 Å². The molecule has 2 N–H and O–H groups in total. The van der Waals surface area contributed by atoms with Gasteiger partial charge in [-0.3, -0.25) is 14.4 Å². The van der Waals surface area contributed by atoms with Gasteiger partial charge in [0, 0.05) is 49.6 Å². The zero-order valence-electron chi connectivity index (χ0n) is 25.2. The first-order valence-corrected chi connectivity index (χ1v) is 14.6. The van der Waals surface area contributed by atoms with Gasteiger partial charge in [-0.1, -0.05) is 42.5 Å². The lowest BCUT2D eigenvalue weighted by molar-refractivity contribution is -0.130. The molecule has 3 heterocycles. The van der Waals surface area contributed by atoms with Gasteiger partial charge in [0.15, 0.2) is 11.5 Å². The maximum absolute atomic E-state index is 14.1. The van der Waals surface area contributed by atoms with E-state index in [2.05, 4.69) is 5.32 Å². The SMILES string of the molecule is COc1cc2c(cc1OC)N(Cc1ccccc1C)C(=O)C(NC(=O)C1CC(O)CN1C(=O)c1cn(C)c3ccccc13)C2. The summed E-state index contributed by atoms with van der Waals surface area (Å²) in [6, 6.07) is 17.2. The van der Waals surface area contributed by atoms with E-state index in [4.69, 9.17) is 9.47 Å². The van der Waals surface area contributed by atoms with E-state index in [1.807, 2.05) is 73.1 Å². The van der Waals surface area contributed by atoms with Gasteiger partial charge in [-0.05, 0) is 35.7 Å². The van der Waals surface area contributed by atoms with Crippen molar-refractivity contribution in [2.45, 2.75) is 44.5 Å². The van der Waals surface area contributed by atoms with E-state index < -0.39 is 24.1 Å². The van der Waals surface area contributed by atoms with E-state index in [9.17, 15) is 19.5 Å². The molecule has 2 aliphatic heterocycles. The molecule has 0 radical (unpaired) electrons. The standard InChI is InChI=1S/C34H36N4O6/c1-20-9-5-6-10-21(20)17-37-28-16-31(44-4)30(43-3)14-22(28)13-26(34(37)42)35-32(40)29-15-23(39)18-38(29)33(41)25-19-36(2)27-12-8-7-11-24(25)27/h5-12,14,16,19,23,26,29,39H,13,15,17-18H2,1-4H3,(H,35,40). The minimum atomic E-state index is -0.930. The van der Waals surface area contributed by atoms with Crippen molar-refractivity contribution in [1.29, 1.82) is 0 Å². The third kappa shape index (κ3) is 5.15. The fourth-order valence-electron chi connectivity index (χ4n) is 6.39. The second kappa shape index (κ2) is 11.7. The summed E-state index contributed by atoms with van der Waals surface area (Å²) < 4.78 is 12.9. The van der Waals surface area contributed by atoms with Crippen molar-refractivity contribution in [3.63, 3.8) is 0 Å². The summed E-state index contributed by atoms with van der Waals surface area (Å²) in [5, 5.41) is 14.3. The largest absolute Gasteiger partial charge is 0.493 e. The number of fused-ring (bicyclic) bond motifs is 2. The topological polar surface area (TPSA) is 113 Å². The number of aliphatic hydroxyl groups is 1. The van der Waals surface area contributed by atoms with Gasteiger partial charge in [-0.25, -0.2) is 0 Å². The van der Waals surface area contributed by atoms with E-state index in [-0.39, 0.29) is 31.2 Å². The Bertz CT molecular complexity index is 1760. The average Bonchev–Trinajstić information content (AvgIpc) is 3.59. The van der Waals surface area contributed by atoms with Crippen molar-refractivity contribution >= 4 is 34.3 Å². The number of nitrogens with zero attached hydrogens (tertiary/aromatic N) is 3. The zero-order chi connectivity index (χ0) is 31.1. The number of carbonyl (C=O) groups excluding carboxylic acids is 3. The Hall–Kier alpha value is -4.83. The quantitative estimate of drug-likeness (QED) is 0.339. The van der Waals surface area contributed by atoms with Crippen molar-refractivity contribution in [2.24, 2.45) is 7.05 Å². The molecule has 10 nitrogen and oxygen atoms in total. The van der Waals surface area contributed by atoms with Crippen LogP contribution in [0, 0.1) is 6.92 Å². The number of ether oxygens (including phenoxy) is 2. The number of benzene rings is 3. The molecule has 0 spiro atoms. The highest BCUT2D eigenvalue weighted by Gasteiger charge is 2.42. The van der Waals surface area contributed by atoms with Gasteiger partial charge in [0.25, 0.3) is 5.91 Å². The van der Waals surface area contributed by atoms with Crippen LogP contribution in [0.3, 0.4) is 0 Å². The number of hydrogen-bond acceptors (Lipinski definition) is 6. The number of rotatable bonds is 7. The highest BCUT2D eigenvalue weighted by Crippen LogP contribution is 2.39. The molecule has 1 aromatic heterocycles. The number of β-amino-alcohol motifs (C(OH)–C–C–N with tert-alkyl or cyclic N) is 1. The second-order valence-corrected chi connectivity index (χ2v) is 11.5. The number of amides is 3. The fraction of sp³-hybridized carbons (Fsp3) is 0.324. The molecule has 6 rings (SSSR count). The van der Waals surface area contributed by atoms with Crippen LogP contribution in [0.25, 0.3) is 10.9 Å². The number of carbonyl (C=O) groups is 3. The molecule has 3 atom stereocenters. The first-order chi connectivity index (χ1) is 21.2. The van der Waals surface area contributed by atoms with E-state index in [0.29, 0.717) is 29.3 Å². The molecule has 3 amide bonds. The van der Waals surface area contributed by atoms with Crippen molar-refractivity contribution in [3.8, 4) is 11.5 Å². The van der Waals surface area contributed by atoms with Gasteiger partial charge < -0.3 is 34.3 Å². The van der Waals surface area contributed by atoms with Gasteiger partial charge in [-0.15, -0.1) is 0 Å². The summed E-state index contributed by atoms with van der Waals surface area (Å²) in [5.74, 6) is -0.0666. The molecule has 228 valence electrons. The number of methoxy groups -OCH3 is 2. The minimum absolute atomic E-state index is 0.0258. The molecule has 2 aliphatic rings. The Morgan fingerprint density at radius 2 is 1.73 bits per heavy atom. The number of aryl methyl sites for hydroxylation is 2. The number of hydrogen-bond donors (Lipinski definition) is 2. The molecule has 1 fully saturated rings. The molecule has 44 heavy (non-hydrogen) atoms. The lowest BCUT2D eigenvalue weighted by Crippen LogP contribution is -2.56. The maximum atomic E-state index is 14.1. The third-order valence-corrected chi connectivity index (χ3v) is 8.74. The monoisotopic (exact) mass is 596 g/mol. The van der Waals surface area contributed by atoms with Crippen molar-refractivity contribution in [3.05, 3.63) is 89.1 Å². The van der Waals surface area contributed by atoms with Crippen LogP contribution in [0.4, 0.5) is 5.69 Å². The van der Waals surface area contributed by atoms with Crippen LogP contribution < -0.4 is 19.7 Å². The van der Waals surface area contributed by atoms with Gasteiger partial charge in [0.05, 0.1) is 38.1 Å². The summed E-state index contributed by atoms with van der Waals surface area (Å²) in [6.07, 6.45) is 1.20.